The standard InChI is InChI=1S/C13H21NO4S/c1-10(2)9-17-6-7-18-13-5-4-12(8-11(13)3)19(14,15)16/h4-5,8,10H,6-7,9H2,1-3H3,(H2,14,15,16). The van der Waals surface area contributed by atoms with Crippen LogP contribution >= 0.6 is 0 Å². The van der Waals surface area contributed by atoms with E-state index in [9.17, 15) is 8.42 Å². The lowest BCUT2D eigenvalue weighted by Gasteiger charge is -2.11. The van der Waals surface area contributed by atoms with Gasteiger partial charge >= 0.3 is 0 Å². The molecule has 0 saturated heterocycles. The Bertz CT molecular complexity index is 511. The number of benzene rings is 1. The second kappa shape index (κ2) is 6.88. The molecule has 0 unspecified atom stereocenters. The molecule has 0 radical (unpaired) electrons. The third-order valence-corrected chi connectivity index (χ3v) is 3.32. The fourth-order valence-corrected chi connectivity index (χ4v) is 2.09. The summed E-state index contributed by atoms with van der Waals surface area (Å²) in [6.07, 6.45) is 0. The largest absolute Gasteiger partial charge is 0.491 e. The van der Waals surface area contributed by atoms with E-state index in [1.807, 2.05) is 0 Å². The molecular weight excluding hydrogens is 266 g/mol. The van der Waals surface area contributed by atoms with Crippen molar-refractivity contribution < 1.29 is 17.9 Å². The predicted molar refractivity (Wildman–Crippen MR) is 73.7 cm³/mol. The van der Waals surface area contributed by atoms with Gasteiger partial charge in [0.05, 0.1) is 11.5 Å². The molecule has 0 aliphatic carbocycles. The molecule has 0 aliphatic rings. The highest BCUT2D eigenvalue weighted by molar-refractivity contribution is 7.89. The van der Waals surface area contributed by atoms with E-state index in [1.54, 1.807) is 13.0 Å². The van der Waals surface area contributed by atoms with Gasteiger partial charge in [-0.15, -0.1) is 0 Å². The van der Waals surface area contributed by atoms with Gasteiger partial charge in [0.15, 0.2) is 0 Å². The van der Waals surface area contributed by atoms with E-state index in [0.29, 0.717) is 31.5 Å². The normalized spacial score (nSPS) is 11.8. The van der Waals surface area contributed by atoms with Crippen LogP contribution in [-0.2, 0) is 14.8 Å². The molecule has 0 fully saturated rings. The second-order valence-corrected chi connectivity index (χ2v) is 6.35. The summed E-state index contributed by atoms with van der Waals surface area (Å²) in [4.78, 5) is 0.0911. The Hall–Kier alpha value is -1.11. The Balaban J connectivity index is 2.52. The number of primary sulfonamides is 1. The van der Waals surface area contributed by atoms with Gasteiger partial charge in [-0.3, -0.25) is 0 Å². The minimum atomic E-state index is -3.66. The van der Waals surface area contributed by atoms with Gasteiger partial charge in [0.2, 0.25) is 10.0 Å². The van der Waals surface area contributed by atoms with Gasteiger partial charge in [-0.1, -0.05) is 13.8 Å². The second-order valence-electron chi connectivity index (χ2n) is 4.79. The highest BCUT2D eigenvalue weighted by atomic mass is 32.2. The minimum Gasteiger partial charge on any atom is -0.491 e. The van der Waals surface area contributed by atoms with Crippen LogP contribution in [-0.4, -0.2) is 28.2 Å². The predicted octanol–water partition coefficient (Wildman–Crippen LogP) is 1.69. The lowest BCUT2D eigenvalue weighted by atomic mass is 10.2. The van der Waals surface area contributed by atoms with Crippen molar-refractivity contribution in [2.45, 2.75) is 25.7 Å². The van der Waals surface area contributed by atoms with Crippen LogP contribution in [0, 0.1) is 12.8 Å². The first kappa shape index (κ1) is 15.9. The van der Waals surface area contributed by atoms with E-state index in [1.165, 1.54) is 12.1 Å². The maximum atomic E-state index is 11.2. The molecule has 1 rings (SSSR count). The summed E-state index contributed by atoms with van der Waals surface area (Å²) in [5.74, 6) is 1.14. The van der Waals surface area contributed by atoms with Crippen molar-refractivity contribution in [1.29, 1.82) is 0 Å². The number of hydrogen-bond donors (Lipinski definition) is 1. The zero-order valence-electron chi connectivity index (χ0n) is 11.5. The van der Waals surface area contributed by atoms with Crippen molar-refractivity contribution in [2.24, 2.45) is 11.1 Å². The van der Waals surface area contributed by atoms with Gasteiger partial charge in [0.25, 0.3) is 0 Å². The topological polar surface area (TPSA) is 78.6 Å². The smallest absolute Gasteiger partial charge is 0.238 e. The quantitative estimate of drug-likeness (QED) is 0.774. The maximum absolute atomic E-state index is 11.2. The molecule has 1 aromatic carbocycles. The molecule has 19 heavy (non-hydrogen) atoms. The van der Waals surface area contributed by atoms with E-state index in [2.05, 4.69) is 13.8 Å². The molecule has 108 valence electrons. The molecule has 0 aromatic heterocycles. The molecule has 0 aliphatic heterocycles. The summed E-state index contributed by atoms with van der Waals surface area (Å²) in [5, 5.41) is 5.06. The van der Waals surface area contributed by atoms with Crippen molar-refractivity contribution in [3.63, 3.8) is 0 Å². The van der Waals surface area contributed by atoms with Gasteiger partial charge in [0.1, 0.15) is 12.4 Å². The third-order valence-electron chi connectivity index (χ3n) is 2.41. The molecular formula is C13H21NO4S. The summed E-state index contributed by atoms with van der Waals surface area (Å²) < 4.78 is 33.3. The number of hydrogen-bond acceptors (Lipinski definition) is 4. The number of ether oxygens (including phenoxy) is 2. The zero-order chi connectivity index (χ0) is 14.5. The fraction of sp³-hybridized carbons (Fsp3) is 0.538. The monoisotopic (exact) mass is 287 g/mol. The molecule has 1 aromatic rings. The summed E-state index contributed by atoms with van der Waals surface area (Å²) in [6.45, 7) is 7.58. The minimum absolute atomic E-state index is 0.0911. The number of sulfonamides is 1. The average Bonchev–Trinajstić information content (AvgIpc) is 2.28. The molecule has 0 amide bonds. The Labute approximate surface area is 114 Å². The van der Waals surface area contributed by atoms with Crippen LogP contribution < -0.4 is 9.88 Å². The number of aryl methyl sites for hydroxylation is 1. The summed E-state index contributed by atoms with van der Waals surface area (Å²) in [6, 6.07) is 4.55. The fourth-order valence-electron chi connectivity index (χ4n) is 1.49. The van der Waals surface area contributed by atoms with Gasteiger partial charge in [-0.2, -0.15) is 0 Å². The summed E-state index contributed by atoms with van der Waals surface area (Å²) in [7, 11) is -3.66. The molecule has 6 heteroatoms. The van der Waals surface area contributed by atoms with Crippen LogP contribution in [0.25, 0.3) is 0 Å². The van der Waals surface area contributed by atoms with Gasteiger partial charge in [-0.25, -0.2) is 13.6 Å². The molecule has 0 bridgehead atoms. The molecule has 2 N–H and O–H groups in total. The lowest BCUT2D eigenvalue weighted by Crippen LogP contribution is -2.13. The number of rotatable bonds is 7. The Morgan fingerprint density at radius 1 is 1.26 bits per heavy atom. The van der Waals surface area contributed by atoms with Crippen molar-refractivity contribution in [3.8, 4) is 5.75 Å². The third kappa shape index (κ3) is 5.59. The van der Waals surface area contributed by atoms with E-state index in [4.69, 9.17) is 14.6 Å². The van der Waals surface area contributed by atoms with E-state index in [-0.39, 0.29) is 4.90 Å². The van der Waals surface area contributed by atoms with Gasteiger partial charge < -0.3 is 9.47 Å². The van der Waals surface area contributed by atoms with Crippen molar-refractivity contribution >= 4 is 10.0 Å². The van der Waals surface area contributed by atoms with E-state index >= 15 is 0 Å². The molecule has 0 saturated carbocycles. The van der Waals surface area contributed by atoms with E-state index < -0.39 is 10.0 Å². The molecule has 0 spiro atoms. The first-order chi connectivity index (χ1) is 8.80. The molecule has 0 heterocycles. The first-order valence-corrected chi connectivity index (χ1v) is 7.69. The zero-order valence-corrected chi connectivity index (χ0v) is 12.4. The summed E-state index contributed by atoms with van der Waals surface area (Å²) >= 11 is 0. The van der Waals surface area contributed by atoms with Crippen LogP contribution in [0.4, 0.5) is 0 Å². The van der Waals surface area contributed by atoms with Gasteiger partial charge in [-0.05, 0) is 36.6 Å². The first-order valence-electron chi connectivity index (χ1n) is 6.14. The highest BCUT2D eigenvalue weighted by Gasteiger charge is 2.10. The maximum Gasteiger partial charge on any atom is 0.238 e. The molecule has 5 nitrogen and oxygen atoms in total. The lowest BCUT2D eigenvalue weighted by molar-refractivity contribution is 0.0817. The van der Waals surface area contributed by atoms with Crippen LogP contribution in [0.5, 0.6) is 5.75 Å². The Kier molecular flexibility index (Phi) is 5.78. The Morgan fingerprint density at radius 2 is 1.95 bits per heavy atom. The van der Waals surface area contributed by atoms with Crippen LogP contribution in [0.1, 0.15) is 19.4 Å². The van der Waals surface area contributed by atoms with Crippen LogP contribution in [0.15, 0.2) is 23.1 Å². The number of nitrogens with two attached hydrogens (primary N) is 1. The SMILES string of the molecule is Cc1cc(S(N)(=O)=O)ccc1OCCOCC(C)C. The van der Waals surface area contributed by atoms with Crippen LogP contribution in [0.2, 0.25) is 0 Å². The van der Waals surface area contributed by atoms with Crippen molar-refractivity contribution in [2.75, 3.05) is 19.8 Å². The van der Waals surface area contributed by atoms with Gasteiger partial charge in [0, 0.05) is 6.61 Å². The average molecular weight is 287 g/mol. The van der Waals surface area contributed by atoms with Crippen LogP contribution in [0.3, 0.4) is 0 Å². The van der Waals surface area contributed by atoms with Crippen molar-refractivity contribution in [1.82, 2.24) is 0 Å². The van der Waals surface area contributed by atoms with Crippen molar-refractivity contribution in [3.05, 3.63) is 23.8 Å². The Morgan fingerprint density at radius 3 is 2.47 bits per heavy atom. The summed E-state index contributed by atoms with van der Waals surface area (Å²) in [5.41, 5.74) is 0.732. The highest BCUT2D eigenvalue weighted by Crippen LogP contribution is 2.20. The molecule has 0 atom stereocenters. The van der Waals surface area contributed by atoms with E-state index in [0.717, 1.165) is 5.56 Å².